The molecule has 1 saturated heterocycles. The van der Waals surface area contributed by atoms with Crippen molar-refractivity contribution in [3.05, 3.63) is 0 Å². The van der Waals surface area contributed by atoms with E-state index in [1.54, 1.807) is 0 Å². The maximum absolute atomic E-state index is 11.8. The lowest BCUT2D eigenvalue weighted by Crippen LogP contribution is -2.36. The van der Waals surface area contributed by atoms with Gasteiger partial charge in [0.2, 0.25) is 5.91 Å². The van der Waals surface area contributed by atoms with Gasteiger partial charge in [0.15, 0.2) is 5.96 Å². The van der Waals surface area contributed by atoms with E-state index < -0.39 is 0 Å². The SMILES string of the molecule is CC(C)CN=C(N)NCC1CC(=O)N(C2CC2)C1. The summed E-state index contributed by atoms with van der Waals surface area (Å²) >= 11 is 0. The first-order valence-corrected chi connectivity index (χ1v) is 6.89. The predicted molar refractivity (Wildman–Crippen MR) is 72.2 cm³/mol. The summed E-state index contributed by atoms with van der Waals surface area (Å²) in [5, 5.41) is 3.13. The van der Waals surface area contributed by atoms with Crippen LogP contribution in [0.5, 0.6) is 0 Å². The van der Waals surface area contributed by atoms with Crippen LogP contribution in [0.15, 0.2) is 4.99 Å². The summed E-state index contributed by atoms with van der Waals surface area (Å²) in [5.41, 5.74) is 5.78. The summed E-state index contributed by atoms with van der Waals surface area (Å²) in [5.74, 6) is 1.71. The topological polar surface area (TPSA) is 70.7 Å². The average Bonchev–Trinajstić information content (AvgIpc) is 3.08. The smallest absolute Gasteiger partial charge is 0.223 e. The van der Waals surface area contributed by atoms with Crippen LogP contribution in [-0.2, 0) is 4.79 Å². The number of hydrogen-bond acceptors (Lipinski definition) is 2. The molecule has 2 fully saturated rings. The fourth-order valence-electron chi connectivity index (χ4n) is 2.27. The third-order valence-electron chi connectivity index (χ3n) is 3.42. The number of guanidine groups is 1. The van der Waals surface area contributed by atoms with Gasteiger partial charge in [-0.05, 0) is 18.8 Å². The molecular formula is C13H24N4O. The molecule has 102 valence electrons. The van der Waals surface area contributed by atoms with Gasteiger partial charge >= 0.3 is 0 Å². The second-order valence-corrected chi connectivity index (χ2v) is 5.85. The van der Waals surface area contributed by atoms with Crippen molar-refractivity contribution < 1.29 is 4.79 Å². The summed E-state index contributed by atoms with van der Waals surface area (Å²) in [7, 11) is 0. The van der Waals surface area contributed by atoms with Crippen molar-refractivity contribution in [3.63, 3.8) is 0 Å². The molecule has 5 heteroatoms. The Hall–Kier alpha value is -1.26. The highest BCUT2D eigenvalue weighted by molar-refractivity contribution is 5.80. The molecule has 5 nitrogen and oxygen atoms in total. The second-order valence-electron chi connectivity index (χ2n) is 5.85. The Bertz CT molecular complexity index is 336. The zero-order chi connectivity index (χ0) is 13.1. The van der Waals surface area contributed by atoms with Crippen molar-refractivity contribution in [3.8, 4) is 0 Å². The minimum atomic E-state index is 0.307. The molecule has 1 unspecified atom stereocenters. The number of likely N-dealkylation sites (tertiary alicyclic amines) is 1. The van der Waals surface area contributed by atoms with E-state index in [1.165, 1.54) is 12.8 Å². The molecule has 2 rings (SSSR count). The Morgan fingerprint density at radius 2 is 2.28 bits per heavy atom. The Labute approximate surface area is 109 Å². The van der Waals surface area contributed by atoms with Gasteiger partial charge in [-0.25, -0.2) is 0 Å². The first-order chi connectivity index (χ1) is 8.56. The van der Waals surface area contributed by atoms with Crippen LogP contribution in [-0.4, -0.2) is 42.4 Å². The van der Waals surface area contributed by atoms with Crippen LogP contribution in [0.1, 0.15) is 33.1 Å². The molecule has 1 heterocycles. The molecule has 1 amide bonds. The zero-order valence-electron chi connectivity index (χ0n) is 11.4. The van der Waals surface area contributed by atoms with Crippen molar-refractivity contribution in [2.24, 2.45) is 22.6 Å². The lowest BCUT2D eigenvalue weighted by Gasteiger charge is -2.15. The van der Waals surface area contributed by atoms with Gasteiger partial charge in [-0.3, -0.25) is 9.79 Å². The lowest BCUT2D eigenvalue weighted by atomic mass is 10.1. The normalized spacial score (nSPS) is 25.1. The molecule has 1 aliphatic heterocycles. The summed E-state index contributed by atoms with van der Waals surface area (Å²) in [6, 6.07) is 0.537. The maximum Gasteiger partial charge on any atom is 0.223 e. The van der Waals surface area contributed by atoms with Crippen LogP contribution >= 0.6 is 0 Å². The third kappa shape index (κ3) is 3.62. The molecule has 3 N–H and O–H groups in total. The van der Waals surface area contributed by atoms with Gasteiger partial charge in [-0.15, -0.1) is 0 Å². The second kappa shape index (κ2) is 5.59. The molecule has 0 aromatic heterocycles. The van der Waals surface area contributed by atoms with Crippen LogP contribution in [0.3, 0.4) is 0 Å². The highest BCUT2D eigenvalue weighted by Gasteiger charge is 2.38. The number of carbonyl (C=O) groups is 1. The minimum Gasteiger partial charge on any atom is -0.370 e. The van der Waals surface area contributed by atoms with Gasteiger partial charge in [0.05, 0.1) is 0 Å². The van der Waals surface area contributed by atoms with Crippen molar-refractivity contribution in [1.82, 2.24) is 10.2 Å². The number of nitrogens with two attached hydrogens (primary N) is 1. The van der Waals surface area contributed by atoms with Crippen LogP contribution in [0.2, 0.25) is 0 Å². The molecule has 0 bridgehead atoms. The number of hydrogen-bond donors (Lipinski definition) is 2. The molecule has 1 aliphatic carbocycles. The quantitative estimate of drug-likeness (QED) is 0.555. The molecular weight excluding hydrogens is 228 g/mol. The molecule has 0 radical (unpaired) electrons. The average molecular weight is 252 g/mol. The predicted octanol–water partition coefficient (Wildman–Crippen LogP) is 0.558. The molecule has 2 aliphatic rings. The van der Waals surface area contributed by atoms with E-state index in [1.807, 2.05) is 4.90 Å². The van der Waals surface area contributed by atoms with Crippen LogP contribution in [0, 0.1) is 11.8 Å². The Morgan fingerprint density at radius 3 is 2.89 bits per heavy atom. The van der Waals surface area contributed by atoms with E-state index in [0.717, 1.165) is 19.6 Å². The van der Waals surface area contributed by atoms with Crippen molar-refractivity contribution in [1.29, 1.82) is 0 Å². The molecule has 1 atom stereocenters. The van der Waals surface area contributed by atoms with Gasteiger partial charge in [-0.1, -0.05) is 13.8 Å². The molecule has 0 aromatic rings. The van der Waals surface area contributed by atoms with Gasteiger partial charge in [0.25, 0.3) is 0 Å². The standard InChI is InChI=1S/C13H24N4O/c1-9(2)6-15-13(14)16-7-10-5-12(18)17(8-10)11-3-4-11/h9-11H,3-8H2,1-2H3,(H3,14,15,16). The number of aliphatic imine (C=N–C) groups is 1. The van der Waals surface area contributed by atoms with Gasteiger partial charge in [0, 0.05) is 38.0 Å². The molecule has 0 aromatic carbocycles. The maximum atomic E-state index is 11.8. The highest BCUT2D eigenvalue weighted by atomic mass is 16.2. The first-order valence-electron chi connectivity index (χ1n) is 6.89. The highest BCUT2D eigenvalue weighted by Crippen LogP contribution is 2.32. The van der Waals surface area contributed by atoms with E-state index in [4.69, 9.17) is 5.73 Å². The Balaban J connectivity index is 1.71. The van der Waals surface area contributed by atoms with Crippen molar-refractivity contribution in [2.45, 2.75) is 39.2 Å². The molecule has 1 saturated carbocycles. The van der Waals surface area contributed by atoms with Gasteiger partial charge in [-0.2, -0.15) is 0 Å². The monoisotopic (exact) mass is 252 g/mol. The number of nitrogens with one attached hydrogen (secondary N) is 1. The van der Waals surface area contributed by atoms with Crippen LogP contribution < -0.4 is 11.1 Å². The van der Waals surface area contributed by atoms with E-state index in [0.29, 0.717) is 36.2 Å². The van der Waals surface area contributed by atoms with Gasteiger partial charge in [0.1, 0.15) is 0 Å². The van der Waals surface area contributed by atoms with Crippen molar-refractivity contribution >= 4 is 11.9 Å². The molecule has 18 heavy (non-hydrogen) atoms. The summed E-state index contributed by atoms with van der Waals surface area (Å²) in [4.78, 5) is 18.1. The van der Waals surface area contributed by atoms with Crippen molar-refractivity contribution in [2.75, 3.05) is 19.6 Å². The molecule has 0 spiro atoms. The van der Waals surface area contributed by atoms with Gasteiger partial charge < -0.3 is 16.0 Å². The first kappa shape index (κ1) is 13.2. The lowest BCUT2D eigenvalue weighted by molar-refractivity contribution is -0.128. The minimum absolute atomic E-state index is 0.307. The van der Waals surface area contributed by atoms with E-state index in [2.05, 4.69) is 24.2 Å². The summed E-state index contributed by atoms with van der Waals surface area (Å²) in [6.45, 7) is 6.60. The Kier molecular flexibility index (Phi) is 4.09. The zero-order valence-corrected chi connectivity index (χ0v) is 11.4. The number of nitrogens with zero attached hydrogens (tertiary/aromatic N) is 2. The van der Waals surface area contributed by atoms with Crippen LogP contribution in [0.4, 0.5) is 0 Å². The van der Waals surface area contributed by atoms with E-state index in [-0.39, 0.29) is 0 Å². The number of carbonyl (C=O) groups excluding carboxylic acids is 1. The largest absolute Gasteiger partial charge is 0.370 e. The van der Waals surface area contributed by atoms with E-state index >= 15 is 0 Å². The van der Waals surface area contributed by atoms with Crippen LogP contribution in [0.25, 0.3) is 0 Å². The third-order valence-corrected chi connectivity index (χ3v) is 3.42. The summed E-state index contributed by atoms with van der Waals surface area (Å²) in [6.07, 6.45) is 3.02. The van der Waals surface area contributed by atoms with E-state index in [9.17, 15) is 4.79 Å². The number of amides is 1. The fourth-order valence-corrected chi connectivity index (χ4v) is 2.27. The summed E-state index contributed by atoms with van der Waals surface area (Å²) < 4.78 is 0. The number of rotatable bonds is 5. The fraction of sp³-hybridized carbons (Fsp3) is 0.846. The Morgan fingerprint density at radius 1 is 1.56 bits per heavy atom.